The van der Waals surface area contributed by atoms with Crippen molar-refractivity contribution in [1.29, 1.82) is 0 Å². The molecule has 0 saturated carbocycles. The Morgan fingerprint density at radius 1 is 1.48 bits per heavy atom. The monoisotopic (exact) mass is 321 g/mol. The molecule has 2 amide bonds. The molecule has 1 aromatic rings. The zero-order valence-corrected chi connectivity index (χ0v) is 14.4. The zero-order chi connectivity index (χ0) is 16.8. The minimum Gasteiger partial charge on any atom is -0.481 e. The number of hydrogen-bond acceptors (Lipinski definition) is 4. The van der Waals surface area contributed by atoms with Crippen LogP contribution >= 0.6 is 0 Å². The minimum absolute atomic E-state index is 0.152. The Morgan fingerprint density at radius 3 is 2.91 bits per heavy atom. The molecule has 6 nitrogen and oxygen atoms in total. The molecule has 0 aliphatic carbocycles. The van der Waals surface area contributed by atoms with Crippen molar-refractivity contribution in [2.24, 2.45) is 5.92 Å². The van der Waals surface area contributed by atoms with Crippen LogP contribution in [-0.2, 0) is 4.74 Å². The van der Waals surface area contributed by atoms with Gasteiger partial charge in [0.1, 0.15) is 0 Å². The number of methoxy groups -OCH3 is 1. The summed E-state index contributed by atoms with van der Waals surface area (Å²) in [6, 6.07) is 3.48. The zero-order valence-electron chi connectivity index (χ0n) is 14.4. The Bertz CT molecular complexity index is 534. The predicted molar refractivity (Wildman–Crippen MR) is 89.9 cm³/mol. The summed E-state index contributed by atoms with van der Waals surface area (Å²) in [5.41, 5.74) is 1.42. The lowest BCUT2D eigenvalue weighted by molar-refractivity contribution is -0.00717. The number of amides is 2. The van der Waals surface area contributed by atoms with Crippen LogP contribution in [0.3, 0.4) is 0 Å². The summed E-state index contributed by atoms with van der Waals surface area (Å²) in [6.07, 6.45) is 2.98. The number of carbonyl (C=O) groups is 1. The third-order valence-corrected chi connectivity index (χ3v) is 3.95. The number of pyridine rings is 1. The van der Waals surface area contributed by atoms with Gasteiger partial charge in [-0.2, -0.15) is 0 Å². The standard InChI is InChI=1S/C17H27N3O3/c1-11(2)9-14-10-13(7-8-23-14)19-17(21)20-15-5-6-16(22-4)18-12(15)3/h5-6,11,13-14H,7-10H2,1-4H3,(H2,19,20,21)/t13-,14+/m1/s1. The van der Waals surface area contributed by atoms with Gasteiger partial charge in [0.15, 0.2) is 0 Å². The molecule has 1 aliphatic rings. The summed E-state index contributed by atoms with van der Waals surface area (Å²) in [4.78, 5) is 16.4. The van der Waals surface area contributed by atoms with Crippen molar-refractivity contribution < 1.29 is 14.3 Å². The molecule has 1 fully saturated rings. The quantitative estimate of drug-likeness (QED) is 0.874. The highest BCUT2D eigenvalue weighted by molar-refractivity contribution is 5.90. The highest BCUT2D eigenvalue weighted by Crippen LogP contribution is 2.21. The first kappa shape index (κ1) is 17.5. The van der Waals surface area contributed by atoms with Crippen LogP contribution in [-0.4, -0.2) is 36.9 Å². The van der Waals surface area contributed by atoms with Crippen molar-refractivity contribution in [3.05, 3.63) is 17.8 Å². The van der Waals surface area contributed by atoms with Crippen LogP contribution in [0.4, 0.5) is 10.5 Å². The fourth-order valence-corrected chi connectivity index (χ4v) is 2.83. The van der Waals surface area contributed by atoms with E-state index in [0.717, 1.165) is 25.0 Å². The Balaban J connectivity index is 1.87. The minimum atomic E-state index is -0.199. The summed E-state index contributed by atoms with van der Waals surface area (Å²) in [5.74, 6) is 1.13. The highest BCUT2D eigenvalue weighted by atomic mass is 16.5. The van der Waals surface area contributed by atoms with Crippen LogP contribution in [0.1, 0.15) is 38.8 Å². The summed E-state index contributed by atoms with van der Waals surface area (Å²) in [5, 5.41) is 5.89. The molecule has 0 unspecified atom stereocenters. The number of carbonyl (C=O) groups excluding carboxylic acids is 1. The molecule has 1 aromatic heterocycles. The van der Waals surface area contributed by atoms with Gasteiger partial charge in [-0.25, -0.2) is 9.78 Å². The van der Waals surface area contributed by atoms with Crippen LogP contribution in [0.5, 0.6) is 5.88 Å². The van der Waals surface area contributed by atoms with E-state index in [9.17, 15) is 4.79 Å². The van der Waals surface area contributed by atoms with Gasteiger partial charge in [0.25, 0.3) is 0 Å². The first-order valence-corrected chi connectivity index (χ1v) is 8.18. The Kier molecular flexibility index (Phi) is 6.21. The largest absolute Gasteiger partial charge is 0.481 e. The van der Waals surface area contributed by atoms with E-state index in [0.29, 0.717) is 24.1 Å². The first-order valence-electron chi connectivity index (χ1n) is 8.18. The van der Waals surface area contributed by atoms with E-state index in [2.05, 4.69) is 29.5 Å². The average Bonchev–Trinajstić information content (AvgIpc) is 2.49. The molecule has 2 N–H and O–H groups in total. The van der Waals surface area contributed by atoms with E-state index in [1.165, 1.54) is 0 Å². The molecule has 0 bridgehead atoms. The number of nitrogens with one attached hydrogen (secondary N) is 2. The van der Waals surface area contributed by atoms with Crippen molar-refractivity contribution >= 4 is 11.7 Å². The molecule has 2 atom stereocenters. The topological polar surface area (TPSA) is 72.5 Å². The van der Waals surface area contributed by atoms with Gasteiger partial charge in [0.2, 0.25) is 5.88 Å². The van der Waals surface area contributed by atoms with Gasteiger partial charge in [0, 0.05) is 18.7 Å². The molecule has 6 heteroatoms. The fraction of sp³-hybridized carbons (Fsp3) is 0.647. The summed E-state index contributed by atoms with van der Waals surface area (Å²) < 4.78 is 10.8. The van der Waals surface area contributed by atoms with Crippen LogP contribution in [0.15, 0.2) is 12.1 Å². The van der Waals surface area contributed by atoms with Crippen LogP contribution in [0.2, 0.25) is 0 Å². The molecule has 2 heterocycles. The fourth-order valence-electron chi connectivity index (χ4n) is 2.83. The van der Waals surface area contributed by atoms with E-state index in [1.54, 1.807) is 19.2 Å². The third-order valence-electron chi connectivity index (χ3n) is 3.95. The maximum atomic E-state index is 12.2. The maximum absolute atomic E-state index is 12.2. The van der Waals surface area contributed by atoms with Crippen molar-refractivity contribution in [3.63, 3.8) is 0 Å². The lowest BCUT2D eigenvalue weighted by Gasteiger charge is -2.31. The number of ether oxygens (including phenoxy) is 2. The second kappa shape index (κ2) is 8.15. The van der Waals surface area contributed by atoms with E-state index in [1.807, 2.05) is 6.92 Å². The normalized spacial score (nSPS) is 21.1. The lowest BCUT2D eigenvalue weighted by atomic mass is 9.96. The van der Waals surface area contributed by atoms with E-state index >= 15 is 0 Å². The SMILES string of the molecule is COc1ccc(NC(=O)N[C@@H]2CCO[C@@H](CC(C)C)C2)c(C)n1. The molecule has 2 rings (SSSR count). The number of anilines is 1. The molecule has 1 saturated heterocycles. The molecular weight excluding hydrogens is 294 g/mol. The molecular formula is C17H27N3O3. The molecule has 0 spiro atoms. The second-order valence-corrected chi connectivity index (χ2v) is 6.43. The van der Waals surface area contributed by atoms with E-state index in [4.69, 9.17) is 9.47 Å². The number of rotatable bonds is 5. The Hall–Kier alpha value is -1.82. The van der Waals surface area contributed by atoms with Crippen molar-refractivity contribution in [1.82, 2.24) is 10.3 Å². The number of aromatic nitrogens is 1. The molecule has 128 valence electrons. The first-order chi connectivity index (χ1) is 11.0. The number of aryl methyl sites for hydroxylation is 1. The molecule has 0 radical (unpaired) electrons. The van der Waals surface area contributed by atoms with Crippen LogP contribution in [0.25, 0.3) is 0 Å². The van der Waals surface area contributed by atoms with Gasteiger partial charge in [-0.05, 0) is 38.2 Å². The van der Waals surface area contributed by atoms with Crippen molar-refractivity contribution in [2.45, 2.75) is 52.2 Å². The summed E-state index contributed by atoms with van der Waals surface area (Å²) >= 11 is 0. The van der Waals surface area contributed by atoms with Crippen LogP contribution in [0, 0.1) is 12.8 Å². The third kappa shape index (κ3) is 5.39. The Morgan fingerprint density at radius 2 is 2.26 bits per heavy atom. The van der Waals surface area contributed by atoms with Gasteiger partial charge in [-0.15, -0.1) is 0 Å². The number of nitrogens with zero attached hydrogens (tertiary/aromatic N) is 1. The lowest BCUT2D eigenvalue weighted by Crippen LogP contribution is -2.44. The van der Waals surface area contributed by atoms with Gasteiger partial charge in [-0.1, -0.05) is 13.8 Å². The molecule has 1 aliphatic heterocycles. The average molecular weight is 321 g/mol. The summed E-state index contributed by atoms with van der Waals surface area (Å²) in [6.45, 7) is 6.91. The smallest absolute Gasteiger partial charge is 0.319 e. The molecule has 23 heavy (non-hydrogen) atoms. The number of urea groups is 1. The van der Waals surface area contributed by atoms with E-state index < -0.39 is 0 Å². The van der Waals surface area contributed by atoms with Crippen molar-refractivity contribution in [2.75, 3.05) is 19.0 Å². The van der Waals surface area contributed by atoms with Gasteiger partial charge in [-0.3, -0.25) is 0 Å². The highest BCUT2D eigenvalue weighted by Gasteiger charge is 2.24. The second-order valence-electron chi connectivity index (χ2n) is 6.43. The van der Waals surface area contributed by atoms with Crippen LogP contribution < -0.4 is 15.4 Å². The van der Waals surface area contributed by atoms with Crippen molar-refractivity contribution in [3.8, 4) is 5.88 Å². The van der Waals surface area contributed by atoms with E-state index in [-0.39, 0.29) is 18.2 Å². The summed E-state index contributed by atoms with van der Waals surface area (Å²) in [7, 11) is 1.57. The molecule has 0 aromatic carbocycles. The predicted octanol–water partition coefficient (Wildman–Crippen LogP) is 3.11. The van der Waals surface area contributed by atoms with Gasteiger partial charge < -0.3 is 20.1 Å². The number of hydrogen-bond donors (Lipinski definition) is 2. The van der Waals surface area contributed by atoms with Gasteiger partial charge >= 0.3 is 6.03 Å². The maximum Gasteiger partial charge on any atom is 0.319 e. The Labute approximate surface area is 138 Å². The van der Waals surface area contributed by atoms with Gasteiger partial charge in [0.05, 0.1) is 24.6 Å².